The molecule has 1 aliphatic heterocycles. The van der Waals surface area contributed by atoms with Crippen molar-refractivity contribution >= 4 is 11.9 Å². The van der Waals surface area contributed by atoms with E-state index in [-0.39, 0.29) is 35.7 Å². The first-order valence-corrected chi connectivity index (χ1v) is 7.95. The van der Waals surface area contributed by atoms with Crippen LogP contribution in [0.4, 0.5) is 0 Å². The first-order valence-electron chi connectivity index (χ1n) is 7.95. The van der Waals surface area contributed by atoms with Crippen LogP contribution in [0.3, 0.4) is 0 Å². The molecular weight excluding hydrogens is 282 g/mol. The Morgan fingerprint density at radius 3 is 2.82 bits per heavy atom. The maximum Gasteiger partial charge on any atom is 0.311 e. The van der Waals surface area contributed by atoms with E-state index in [9.17, 15) is 9.59 Å². The Morgan fingerprint density at radius 2 is 2.18 bits per heavy atom. The lowest BCUT2D eigenvalue weighted by atomic mass is 9.76. The van der Waals surface area contributed by atoms with Crippen molar-refractivity contribution in [1.29, 1.82) is 0 Å². The van der Waals surface area contributed by atoms with Gasteiger partial charge < -0.3 is 14.4 Å². The Hall–Kier alpha value is -1.36. The lowest BCUT2D eigenvalue weighted by molar-refractivity contribution is -0.153. The average molecular weight is 309 g/mol. The zero-order valence-corrected chi connectivity index (χ0v) is 14.1. The molecule has 5 nitrogen and oxygen atoms in total. The van der Waals surface area contributed by atoms with Crippen molar-refractivity contribution in [2.45, 2.75) is 46.1 Å². The van der Waals surface area contributed by atoms with E-state index in [4.69, 9.17) is 9.47 Å². The van der Waals surface area contributed by atoms with Gasteiger partial charge in [0, 0.05) is 26.6 Å². The van der Waals surface area contributed by atoms with Gasteiger partial charge in [0.25, 0.3) is 0 Å². The molecule has 2 aliphatic rings. The topological polar surface area (TPSA) is 55.8 Å². The molecule has 0 unspecified atom stereocenters. The summed E-state index contributed by atoms with van der Waals surface area (Å²) in [6.07, 6.45) is 4.00. The summed E-state index contributed by atoms with van der Waals surface area (Å²) in [7, 11) is 1.60. The Labute approximate surface area is 132 Å². The van der Waals surface area contributed by atoms with Gasteiger partial charge in [0.2, 0.25) is 5.91 Å². The molecule has 0 bridgehead atoms. The van der Waals surface area contributed by atoms with Crippen molar-refractivity contribution in [3.8, 4) is 0 Å². The minimum absolute atomic E-state index is 0.00898. The molecule has 0 saturated carbocycles. The molecular formula is C17H27NO4. The van der Waals surface area contributed by atoms with Crippen LogP contribution in [0.2, 0.25) is 0 Å². The van der Waals surface area contributed by atoms with Gasteiger partial charge in [-0.15, -0.1) is 0 Å². The van der Waals surface area contributed by atoms with Gasteiger partial charge in [-0.1, -0.05) is 19.4 Å². The molecule has 0 N–H and O–H groups in total. The van der Waals surface area contributed by atoms with E-state index in [2.05, 4.69) is 20.8 Å². The predicted molar refractivity (Wildman–Crippen MR) is 83.2 cm³/mol. The van der Waals surface area contributed by atoms with Crippen LogP contribution in [-0.4, -0.2) is 49.7 Å². The summed E-state index contributed by atoms with van der Waals surface area (Å²) >= 11 is 0. The van der Waals surface area contributed by atoms with Crippen molar-refractivity contribution in [2.75, 3.05) is 26.8 Å². The van der Waals surface area contributed by atoms with Gasteiger partial charge in [0.15, 0.2) is 0 Å². The number of allylic oxidation sites excluding steroid dienone is 1. The number of hydrogen-bond acceptors (Lipinski definition) is 4. The fourth-order valence-electron chi connectivity index (χ4n) is 3.48. The number of nitrogens with zero attached hydrogens (tertiary/aromatic N) is 1. The third kappa shape index (κ3) is 4.32. The largest absolute Gasteiger partial charge is 0.458 e. The van der Waals surface area contributed by atoms with Crippen molar-refractivity contribution < 1.29 is 19.1 Å². The lowest BCUT2D eigenvalue weighted by Crippen LogP contribution is -2.32. The highest BCUT2D eigenvalue weighted by molar-refractivity contribution is 5.86. The first kappa shape index (κ1) is 17.0. The summed E-state index contributed by atoms with van der Waals surface area (Å²) in [6, 6.07) is 0. The van der Waals surface area contributed by atoms with Gasteiger partial charge in [0.05, 0.1) is 12.5 Å². The molecule has 2 rings (SSSR count). The number of hydrogen-bond donors (Lipinski definition) is 0. The molecule has 1 saturated heterocycles. The maximum atomic E-state index is 12.3. The van der Waals surface area contributed by atoms with E-state index >= 15 is 0 Å². The molecule has 0 spiro atoms. The summed E-state index contributed by atoms with van der Waals surface area (Å²) in [6.45, 7) is 7.93. The van der Waals surface area contributed by atoms with E-state index in [0.29, 0.717) is 19.7 Å². The summed E-state index contributed by atoms with van der Waals surface area (Å²) < 4.78 is 10.6. The average Bonchev–Trinajstić information content (AvgIpc) is 2.75. The highest BCUT2D eigenvalue weighted by Gasteiger charge is 2.37. The molecule has 0 aromatic carbocycles. The number of carbonyl (C=O) groups excluding carboxylic acids is 2. The standard InChI is InChI=1S/C17H27NO4/c1-12-7-14(10-17(2,3)9-12)22-16(20)13-8-15(19)18(11-13)5-6-21-4/h7,13-14H,5-6,8-11H2,1-4H3/t13-,14-/m0/s1. The quantitative estimate of drug-likeness (QED) is 0.577. The SMILES string of the molecule is COCCN1C[C@@H](C(=O)O[C@H]2C=C(C)CC(C)(C)C2)CC1=O. The molecule has 1 fully saturated rings. The van der Waals surface area contributed by atoms with Crippen LogP contribution in [0.1, 0.15) is 40.0 Å². The van der Waals surface area contributed by atoms with Crippen LogP contribution in [0.15, 0.2) is 11.6 Å². The highest BCUT2D eigenvalue weighted by atomic mass is 16.5. The van der Waals surface area contributed by atoms with Gasteiger partial charge >= 0.3 is 5.97 Å². The molecule has 124 valence electrons. The molecule has 1 amide bonds. The zero-order valence-electron chi connectivity index (χ0n) is 14.1. The number of carbonyl (C=O) groups is 2. The minimum Gasteiger partial charge on any atom is -0.458 e. The Balaban J connectivity index is 1.90. The second-order valence-corrected chi connectivity index (χ2v) is 7.27. The van der Waals surface area contributed by atoms with Crippen LogP contribution < -0.4 is 0 Å². The fourth-order valence-corrected chi connectivity index (χ4v) is 3.48. The number of amides is 1. The summed E-state index contributed by atoms with van der Waals surface area (Å²) in [4.78, 5) is 25.9. The van der Waals surface area contributed by atoms with Crippen molar-refractivity contribution in [3.63, 3.8) is 0 Å². The number of ether oxygens (including phenoxy) is 2. The lowest BCUT2D eigenvalue weighted by Gasteiger charge is -2.33. The summed E-state index contributed by atoms with van der Waals surface area (Å²) in [5.74, 6) is -0.585. The first-order chi connectivity index (χ1) is 10.3. The van der Waals surface area contributed by atoms with Gasteiger partial charge in [-0.2, -0.15) is 0 Å². The predicted octanol–water partition coefficient (Wildman–Crippen LogP) is 2.16. The number of methoxy groups -OCH3 is 1. The van der Waals surface area contributed by atoms with Crippen LogP contribution in [0, 0.1) is 11.3 Å². The molecule has 1 aliphatic carbocycles. The smallest absolute Gasteiger partial charge is 0.311 e. The van der Waals surface area contributed by atoms with Gasteiger partial charge in [-0.25, -0.2) is 0 Å². The third-order valence-electron chi connectivity index (χ3n) is 4.36. The minimum atomic E-state index is -0.344. The van der Waals surface area contributed by atoms with Crippen LogP contribution >= 0.6 is 0 Å². The third-order valence-corrected chi connectivity index (χ3v) is 4.36. The highest BCUT2D eigenvalue weighted by Crippen LogP contribution is 2.36. The molecule has 22 heavy (non-hydrogen) atoms. The van der Waals surface area contributed by atoms with Crippen molar-refractivity contribution in [2.24, 2.45) is 11.3 Å². The number of rotatable bonds is 5. The van der Waals surface area contributed by atoms with Gasteiger partial charge in [-0.05, 0) is 31.3 Å². The van der Waals surface area contributed by atoms with E-state index in [1.54, 1.807) is 12.0 Å². The summed E-state index contributed by atoms with van der Waals surface area (Å²) in [5, 5.41) is 0. The second-order valence-electron chi connectivity index (χ2n) is 7.27. The zero-order chi connectivity index (χ0) is 16.3. The van der Waals surface area contributed by atoms with Crippen molar-refractivity contribution in [1.82, 2.24) is 4.90 Å². The van der Waals surface area contributed by atoms with Gasteiger partial charge in [0.1, 0.15) is 6.10 Å². The molecule has 1 heterocycles. The molecule has 0 radical (unpaired) electrons. The van der Waals surface area contributed by atoms with Crippen molar-refractivity contribution in [3.05, 3.63) is 11.6 Å². The van der Waals surface area contributed by atoms with E-state index in [0.717, 1.165) is 12.8 Å². The van der Waals surface area contributed by atoms with Crippen LogP contribution in [0.5, 0.6) is 0 Å². The second kappa shape index (κ2) is 6.82. The van der Waals surface area contributed by atoms with E-state index < -0.39 is 0 Å². The van der Waals surface area contributed by atoms with E-state index in [1.807, 2.05) is 6.08 Å². The Kier molecular flexibility index (Phi) is 5.27. The number of likely N-dealkylation sites (tertiary alicyclic amines) is 1. The maximum absolute atomic E-state index is 12.3. The monoisotopic (exact) mass is 309 g/mol. The normalized spacial score (nSPS) is 27.7. The Bertz CT molecular complexity index is 469. The number of esters is 1. The van der Waals surface area contributed by atoms with Crippen LogP contribution in [-0.2, 0) is 19.1 Å². The molecule has 0 aromatic heterocycles. The van der Waals surface area contributed by atoms with E-state index in [1.165, 1.54) is 5.57 Å². The Morgan fingerprint density at radius 1 is 1.45 bits per heavy atom. The molecule has 0 aromatic rings. The molecule has 5 heteroatoms. The summed E-state index contributed by atoms with van der Waals surface area (Å²) in [5.41, 5.74) is 1.41. The molecule has 2 atom stereocenters. The van der Waals surface area contributed by atoms with Gasteiger partial charge in [-0.3, -0.25) is 9.59 Å². The van der Waals surface area contributed by atoms with Crippen LogP contribution in [0.25, 0.3) is 0 Å². The fraction of sp³-hybridized carbons (Fsp3) is 0.765.